The van der Waals surface area contributed by atoms with Crippen molar-refractivity contribution in [1.29, 1.82) is 0 Å². The monoisotopic (exact) mass is 278 g/mol. The fourth-order valence-corrected chi connectivity index (χ4v) is 2.83. The predicted octanol–water partition coefficient (Wildman–Crippen LogP) is -0.718. The first-order valence-corrected chi connectivity index (χ1v) is 7.13. The van der Waals surface area contributed by atoms with Gasteiger partial charge in [-0.1, -0.05) is 27.2 Å². The van der Waals surface area contributed by atoms with E-state index < -0.39 is 0 Å². The van der Waals surface area contributed by atoms with E-state index in [0.29, 0.717) is 5.41 Å². The molecular formula is C14H27KN2O. The molecule has 0 unspecified atom stereocenters. The number of nitrogens with zero attached hydrogens (tertiary/aromatic N) is 2. The van der Waals surface area contributed by atoms with Gasteiger partial charge in [0.15, 0.2) is 0 Å². The smallest absolute Gasteiger partial charge is 0.520 e. The van der Waals surface area contributed by atoms with Crippen LogP contribution in [-0.2, 0) is 4.79 Å². The number of rotatable bonds is 4. The molecule has 2 aliphatic heterocycles. The summed E-state index contributed by atoms with van der Waals surface area (Å²) < 4.78 is 0. The van der Waals surface area contributed by atoms with Gasteiger partial charge in [0.1, 0.15) is 0 Å². The van der Waals surface area contributed by atoms with E-state index in [2.05, 4.69) is 11.8 Å². The van der Waals surface area contributed by atoms with E-state index in [1.54, 1.807) is 4.90 Å². The molecular weight excluding hydrogens is 251 g/mol. The molecule has 1 spiro atoms. The minimum Gasteiger partial charge on any atom is -0.520 e. The van der Waals surface area contributed by atoms with Gasteiger partial charge < -0.3 is 14.6 Å². The molecule has 2 heterocycles. The van der Waals surface area contributed by atoms with Crippen LogP contribution in [-0.4, -0.2) is 48.9 Å². The van der Waals surface area contributed by atoms with Gasteiger partial charge >= 0.3 is 51.4 Å². The summed E-state index contributed by atoms with van der Waals surface area (Å²) in [4.78, 5) is 14.8. The third-order valence-electron chi connectivity index (χ3n) is 3.90. The zero-order valence-corrected chi connectivity index (χ0v) is 15.8. The van der Waals surface area contributed by atoms with Crippen LogP contribution in [0, 0.1) is 5.41 Å². The second-order valence-electron chi connectivity index (χ2n) is 5.14. The maximum absolute atomic E-state index is 10.5. The third-order valence-corrected chi connectivity index (χ3v) is 3.90. The number of likely N-dealkylation sites (tertiary alicyclic amines) is 2. The molecule has 0 aromatic heterocycles. The minimum atomic E-state index is 0. The van der Waals surface area contributed by atoms with Crippen molar-refractivity contribution >= 4 is 6.41 Å². The van der Waals surface area contributed by atoms with Crippen LogP contribution in [0.3, 0.4) is 0 Å². The van der Waals surface area contributed by atoms with Gasteiger partial charge in [-0.15, -0.1) is 0 Å². The molecule has 3 nitrogen and oxygen atoms in total. The zero-order chi connectivity index (χ0) is 12.7. The van der Waals surface area contributed by atoms with Gasteiger partial charge in [-0.05, 0) is 44.3 Å². The largest absolute Gasteiger partial charge is 1.00 e. The van der Waals surface area contributed by atoms with Crippen LogP contribution >= 0.6 is 0 Å². The van der Waals surface area contributed by atoms with Crippen LogP contribution in [0.1, 0.15) is 46.5 Å². The van der Waals surface area contributed by atoms with Crippen molar-refractivity contribution < 1.29 is 56.2 Å². The van der Waals surface area contributed by atoms with E-state index in [9.17, 15) is 4.79 Å². The average Bonchev–Trinajstić information content (AvgIpc) is 2.37. The maximum atomic E-state index is 10.5. The quantitative estimate of drug-likeness (QED) is 0.501. The standard InChI is InChI=1S/C12H21N2O.C2H6.K/c1-2-3-6-14-9-12(10-14)4-7-13(11-15)8-5-12;1-2;/h2-10H2,1H3;1-2H3;/q-1;;+1. The summed E-state index contributed by atoms with van der Waals surface area (Å²) in [6.07, 6.45) is 6.99. The van der Waals surface area contributed by atoms with E-state index >= 15 is 0 Å². The second kappa shape index (κ2) is 9.89. The number of piperidine rings is 1. The molecule has 100 valence electrons. The molecule has 2 saturated heterocycles. The average molecular weight is 278 g/mol. The van der Waals surface area contributed by atoms with Crippen molar-refractivity contribution in [2.45, 2.75) is 46.5 Å². The molecule has 0 atom stereocenters. The van der Waals surface area contributed by atoms with E-state index in [1.807, 2.05) is 20.3 Å². The van der Waals surface area contributed by atoms with Crippen LogP contribution in [0.25, 0.3) is 0 Å². The summed E-state index contributed by atoms with van der Waals surface area (Å²) in [5, 5.41) is 0. The molecule has 0 aromatic carbocycles. The van der Waals surface area contributed by atoms with Gasteiger partial charge in [0.05, 0.1) is 0 Å². The van der Waals surface area contributed by atoms with E-state index in [0.717, 1.165) is 13.1 Å². The molecule has 0 radical (unpaired) electrons. The first-order valence-electron chi connectivity index (χ1n) is 7.13. The molecule has 0 saturated carbocycles. The Labute approximate surface area is 155 Å². The minimum absolute atomic E-state index is 0. The summed E-state index contributed by atoms with van der Waals surface area (Å²) in [5.74, 6) is 0. The first-order chi connectivity index (χ1) is 8.28. The van der Waals surface area contributed by atoms with Crippen LogP contribution < -0.4 is 51.4 Å². The van der Waals surface area contributed by atoms with Crippen molar-refractivity contribution in [2.75, 3.05) is 32.7 Å². The van der Waals surface area contributed by atoms with Gasteiger partial charge in [0, 0.05) is 13.1 Å². The van der Waals surface area contributed by atoms with Crippen LogP contribution in [0.4, 0.5) is 0 Å². The molecule has 0 bridgehead atoms. The Morgan fingerprint density at radius 3 is 2.17 bits per heavy atom. The zero-order valence-electron chi connectivity index (χ0n) is 12.7. The summed E-state index contributed by atoms with van der Waals surface area (Å²) >= 11 is 0. The second-order valence-corrected chi connectivity index (χ2v) is 5.14. The van der Waals surface area contributed by atoms with E-state index in [1.165, 1.54) is 45.3 Å². The fourth-order valence-electron chi connectivity index (χ4n) is 2.83. The Morgan fingerprint density at radius 2 is 1.72 bits per heavy atom. The Morgan fingerprint density at radius 1 is 1.17 bits per heavy atom. The molecule has 2 aliphatic rings. The molecule has 1 amide bonds. The summed E-state index contributed by atoms with van der Waals surface area (Å²) in [6.45, 7) is 11.9. The SMILES string of the molecule is CC.CCCCN1CC2(CCN([C-]=O)CC2)C1.[K+]. The van der Waals surface area contributed by atoms with Crippen molar-refractivity contribution in [2.24, 2.45) is 5.41 Å². The Balaban J connectivity index is 0.000000917. The maximum Gasteiger partial charge on any atom is 1.00 e. The normalized spacial score (nSPS) is 21.4. The van der Waals surface area contributed by atoms with Gasteiger partial charge in [-0.2, -0.15) is 6.41 Å². The predicted molar refractivity (Wildman–Crippen MR) is 71.6 cm³/mol. The van der Waals surface area contributed by atoms with Gasteiger partial charge in [0.25, 0.3) is 0 Å². The Bertz CT molecular complexity index is 220. The number of hydrogen-bond donors (Lipinski definition) is 0. The summed E-state index contributed by atoms with van der Waals surface area (Å²) in [5.41, 5.74) is 0.557. The van der Waals surface area contributed by atoms with Crippen molar-refractivity contribution in [3.8, 4) is 0 Å². The van der Waals surface area contributed by atoms with Crippen molar-refractivity contribution in [3.63, 3.8) is 0 Å². The van der Waals surface area contributed by atoms with E-state index in [4.69, 9.17) is 0 Å². The van der Waals surface area contributed by atoms with Crippen molar-refractivity contribution in [3.05, 3.63) is 0 Å². The number of unbranched alkanes of at least 4 members (excludes halogenated alkanes) is 1. The van der Waals surface area contributed by atoms with Crippen molar-refractivity contribution in [1.82, 2.24) is 9.80 Å². The van der Waals surface area contributed by atoms with Gasteiger partial charge in [-0.25, -0.2) is 0 Å². The fraction of sp³-hybridized carbons (Fsp3) is 0.929. The molecule has 2 rings (SSSR count). The molecule has 4 heteroatoms. The third kappa shape index (κ3) is 5.21. The van der Waals surface area contributed by atoms with Crippen LogP contribution in [0.2, 0.25) is 0 Å². The molecule has 18 heavy (non-hydrogen) atoms. The number of amides is 1. The van der Waals surface area contributed by atoms with Gasteiger partial charge in [0.2, 0.25) is 0 Å². The first kappa shape index (κ1) is 19.1. The number of carbonyl (C=O) groups excluding carboxylic acids is 1. The Hall–Kier alpha value is 1.07. The molecule has 0 N–H and O–H groups in total. The molecule has 0 aromatic rings. The summed E-state index contributed by atoms with van der Waals surface area (Å²) in [6, 6.07) is 0. The van der Waals surface area contributed by atoms with Crippen LogP contribution in [0.5, 0.6) is 0 Å². The topological polar surface area (TPSA) is 23.6 Å². The van der Waals surface area contributed by atoms with E-state index in [-0.39, 0.29) is 51.4 Å². The Kier molecular flexibility index (Phi) is 10.5. The van der Waals surface area contributed by atoms with Crippen LogP contribution in [0.15, 0.2) is 0 Å². The molecule has 0 aliphatic carbocycles. The summed E-state index contributed by atoms with van der Waals surface area (Å²) in [7, 11) is 0. The molecule has 2 fully saturated rings. The number of hydrogen-bond acceptors (Lipinski definition) is 2. The van der Waals surface area contributed by atoms with Gasteiger partial charge in [-0.3, -0.25) is 0 Å².